The van der Waals surface area contributed by atoms with Crippen LogP contribution in [0.4, 0.5) is 21.0 Å². The number of nitrogens with zero attached hydrogens (tertiary/aromatic N) is 3. The van der Waals surface area contributed by atoms with Crippen LogP contribution in [0, 0.1) is 0 Å². The van der Waals surface area contributed by atoms with E-state index in [-0.39, 0.29) is 5.75 Å². The molecule has 0 aromatic carbocycles. The van der Waals surface area contributed by atoms with Crippen LogP contribution in [0.3, 0.4) is 0 Å². The van der Waals surface area contributed by atoms with Gasteiger partial charge in [-0.05, 0) is 0 Å². The monoisotopic (exact) mass is 291 g/mol. The summed E-state index contributed by atoms with van der Waals surface area (Å²) in [5, 5.41) is 0. The van der Waals surface area contributed by atoms with Gasteiger partial charge in [0.1, 0.15) is 0 Å². The molecule has 3 nitrogen and oxygen atoms in total. The molecule has 0 N–H and O–H groups in total. The molecule has 84 valence electrons. The topological polar surface area (TPSA) is 37.1 Å². The molecule has 14 heavy (non-hydrogen) atoms. The summed E-state index contributed by atoms with van der Waals surface area (Å²) in [4.78, 5) is 0. The molecular weight excluding hydrogens is 286 g/mol. The summed E-state index contributed by atoms with van der Waals surface area (Å²) in [6.07, 6.45) is 0. The molecule has 0 radical (unpaired) electrons. The van der Waals surface area contributed by atoms with Crippen LogP contribution in [-0.4, -0.2) is 5.75 Å². The molecule has 0 amide bonds. The summed E-state index contributed by atoms with van der Waals surface area (Å²) in [5.41, 5.74) is 0. The van der Waals surface area contributed by atoms with Crippen molar-refractivity contribution in [2.24, 2.45) is 13.5 Å². The summed E-state index contributed by atoms with van der Waals surface area (Å²) < 4.78 is 70.4. The number of rotatable bonds is 2. The molecule has 0 spiro atoms. The Labute approximate surface area is 81.5 Å². The molecule has 0 fully saturated rings. The molecule has 1 aliphatic rings. The first-order valence-corrected chi connectivity index (χ1v) is 9.35. The minimum Gasteiger partial charge on any atom is -0.171 e. The molecule has 1 heterocycles. The highest BCUT2D eigenvalue weighted by Gasteiger charge is 2.38. The summed E-state index contributed by atoms with van der Waals surface area (Å²) in [5.74, 6) is 0.0667. The van der Waals surface area contributed by atoms with Crippen molar-refractivity contribution in [3.8, 4) is 0 Å². The van der Waals surface area contributed by atoms with Crippen molar-refractivity contribution in [3.63, 3.8) is 0 Å². The van der Waals surface area contributed by atoms with Crippen molar-refractivity contribution in [2.75, 3.05) is 5.75 Å². The molecule has 1 atom stereocenters. The molecule has 1 rings (SSSR count). The molecule has 0 bridgehead atoms. The van der Waals surface area contributed by atoms with Gasteiger partial charge in [-0.1, -0.05) is 18.3 Å². The quantitative estimate of drug-likeness (QED) is 0.426. The van der Waals surface area contributed by atoms with Crippen LogP contribution in [0.15, 0.2) is 13.5 Å². The first kappa shape index (κ1) is 12.8. The minimum absolute atomic E-state index is 0.0667. The Morgan fingerprint density at radius 3 is 1.86 bits per heavy atom. The summed E-state index contributed by atoms with van der Waals surface area (Å²) in [7, 11) is -11.0. The fraction of sp³-hybridized carbons (Fsp3) is 1.00. The smallest absolute Gasteiger partial charge is 0.171 e. The fourth-order valence-electron chi connectivity index (χ4n) is 0.665. The standard InChI is InChI=1S/C2H5F5N3P3S/c1-2-14-13(7)9-11(3,4)8-12(5,6)10-13/h2H2,1H3. The normalized spacial score (nSPS) is 33.9. The van der Waals surface area contributed by atoms with Crippen LogP contribution >= 0.6 is 33.8 Å². The summed E-state index contributed by atoms with van der Waals surface area (Å²) in [6.45, 7) is -2.98. The Kier molecular flexibility index (Phi) is 3.58. The van der Waals surface area contributed by atoms with Crippen molar-refractivity contribution in [2.45, 2.75) is 6.92 Å². The molecule has 12 heteroatoms. The second-order valence-electron chi connectivity index (χ2n) is 2.07. The predicted molar refractivity (Wildman–Crippen MR) is 51.7 cm³/mol. The van der Waals surface area contributed by atoms with Gasteiger partial charge in [0.25, 0.3) is 0 Å². The van der Waals surface area contributed by atoms with Gasteiger partial charge in [0.15, 0.2) is 0 Å². The highest BCUT2D eigenvalue weighted by molar-refractivity contribution is 8.57. The van der Waals surface area contributed by atoms with Gasteiger partial charge in [-0.3, -0.25) is 0 Å². The van der Waals surface area contributed by atoms with Crippen LogP contribution in [0.1, 0.15) is 6.92 Å². The first-order chi connectivity index (χ1) is 6.18. The Balaban J connectivity index is 3.33. The maximum atomic E-state index is 13.3. The van der Waals surface area contributed by atoms with Gasteiger partial charge < -0.3 is 0 Å². The second kappa shape index (κ2) is 3.93. The van der Waals surface area contributed by atoms with E-state index in [1.54, 1.807) is 0 Å². The lowest BCUT2D eigenvalue weighted by molar-refractivity contribution is 0.698. The van der Waals surface area contributed by atoms with Crippen LogP contribution in [-0.2, 0) is 0 Å². The third kappa shape index (κ3) is 3.37. The lowest BCUT2D eigenvalue weighted by Crippen LogP contribution is -1.71. The Bertz CT molecular complexity index is 386. The van der Waals surface area contributed by atoms with Gasteiger partial charge in [-0.15, -0.1) is 30.3 Å². The van der Waals surface area contributed by atoms with E-state index < -0.39 is 22.4 Å². The molecule has 1 aliphatic heterocycles. The van der Waals surface area contributed by atoms with E-state index in [4.69, 9.17) is 0 Å². The zero-order chi connectivity index (χ0) is 11.0. The maximum Gasteiger partial charge on any atom is 0.424 e. The van der Waals surface area contributed by atoms with Crippen LogP contribution in [0.5, 0.6) is 0 Å². The van der Waals surface area contributed by atoms with E-state index in [0.717, 1.165) is 0 Å². The fourth-order valence-corrected chi connectivity index (χ4v) is 9.46. The van der Waals surface area contributed by atoms with E-state index in [0.29, 0.717) is 11.4 Å². The molecular formula is C2H5F5N3P3S. The Hall–Kier alpha value is 0.690. The molecule has 0 saturated carbocycles. The van der Waals surface area contributed by atoms with Crippen molar-refractivity contribution in [3.05, 3.63) is 0 Å². The van der Waals surface area contributed by atoms with E-state index in [9.17, 15) is 21.0 Å². The molecule has 0 aliphatic carbocycles. The molecule has 0 aromatic rings. The van der Waals surface area contributed by atoms with E-state index in [1.807, 2.05) is 4.52 Å². The predicted octanol–water partition coefficient (Wildman–Crippen LogP) is 6.44. The third-order valence-corrected chi connectivity index (χ3v) is 9.81. The van der Waals surface area contributed by atoms with Gasteiger partial charge in [0, 0.05) is 5.75 Å². The maximum absolute atomic E-state index is 13.3. The van der Waals surface area contributed by atoms with E-state index in [1.165, 1.54) is 6.92 Å². The van der Waals surface area contributed by atoms with Crippen LogP contribution in [0.2, 0.25) is 0 Å². The zero-order valence-electron chi connectivity index (χ0n) is 6.69. The van der Waals surface area contributed by atoms with Gasteiger partial charge >= 0.3 is 22.4 Å². The molecule has 1 unspecified atom stereocenters. The van der Waals surface area contributed by atoms with Crippen LogP contribution in [0.25, 0.3) is 0 Å². The van der Waals surface area contributed by atoms with Crippen molar-refractivity contribution in [1.82, 2.24) is 0 Å². The lowest BCUT2D eigenvalue weighted by atomic mass is 11.0. The SMILES string of the molecule is CCSP1(F)=NP(F)(F)=NP(F)(F)=N1. The van der Waals surface area contributed by atoms with Crippen molar-refractivity contribution < 1.29 is 21.0 Å². The largest absolute Gasteiger partial charge is 0.424 e. The highest BCUT2D eigenvalue weighted by Crippen LogP contribution is 2.85. The van der Waals surface area contributed by atoms with Gasteiger partial charge in [0.2, 0.25) is 0 Å². The van der Waals surface area contributed by atoms with E-state index >= 15 is 0 Å². The number of hydrogen-bond donors (Lipinski definition) is 0. The van der Waals surface area contributed by atoms with Gasteiger partial charge in [-0.2, -0.15) is 4.20 Å². The van der Waals surface area contributed by atoms with Gasteiger partial charge in [0.05, 0.1) is 0 Å². The number of hydrogen-bond acceptors (Lipinski definition) is 4. The average Bonchev–Trinajstić information content (AvgIpc) is 1.75. The minimum atomic E-state index is -5.50. The third-order valence-electron chi connectivity index (χ3n) is 0.944. The highest BCUT2D eigenvalue weighted by atomic mass is 32.7. The Morgan fingerprint density at radius 2 is 1.43 bits per heavy atom. The van der Waals surface area contributed by atoms with Crippen molar-refractivity contribution in [1.29, 1.82) is 0 Å². The average molecular weight is 291 g/mol. The Morgan fingerprint density at radius 1 is 0.929 bits per heavy atom. The van der Waals surface area contributed by atoms with Crippen LogP contribution < -0.4 is 0 Å². The van der Waals surface area contributed by atoms with Crippen molar-refractivity contribution >= 4 is 33.8 Å². The molecule has 0 aromatic heterocycles. The lowest BCUT2D eigenvalue weighted by Gasteiger charge is -2.14. The number of halogens is 5. The second-order valence-corrected chi connectivity index (χ2v) is 9.99. The van der Waals surface area contributed by atoms with E-state index in [2.05, 4.69) is 9.03 Å². The molecule has 0 saturated heterocycles. The summed E-state index contributed by atoms with van der Waals surface area (Å²) in [6, 6.07) is 0. The zero-order valence-corrected chi connectivity index (χ0v) is 10.2. The van der Waals surface area contributed by atoms with Gasteiger partial charge in [-0.25, -0.2) is 0 Å². The summed E-state index contributed by atoms with van der Waals surface area (Å²) >= 11 is 0.306. The first-order valence-electron chi connectivity index (χ1n) is 3.22.